The molecule has 114 valence electrons. The summed E-state index contributed by atoms with van der Waals surface area (Å²) in [5.41, 5.74) is 0. The van der Waals surface area contributed by atoms with Gasteiger partial charge in [-0.1, -0.05) is 91.5 Å². The molecule has 0 bridgehead atoms. The first kappa shape index (κ1) is 19.0. The molecule has 0 aromatic carbocycles. The molecule has 0 amide bonds. The molecule has 0 aliphatic carbocycles. The summed E-state index contributed by atoms with van der Waals surface area (Å²) in [4.78, 5) is 0. The smallest absolute Gasteiger partial charge is 0.0565 e. The van der Waals surface area contributed by atoms with Gasteiger partial charge in [-0.05, 0) is 23.9 Å². The largest absolute Gasteiger partial charge is 0.0912 e. The van der Waals surface area contributed by atoms with Crippen LogP contribution in [0.15, 0.2) is 12.2 Å². The van der Waals surface area contributed by atoms with Gasteiger partial charge in [-0.3, -0.25) is 0 Å². The number of hydrogen-bond donors (Lipinski definition) is 0. The Bertz CT molecular complexity index is 233. The lowest BCUT2D eigenvalue weighted by Gasteiger charge is -2.36. The molecule has 0 aliphatic rings. The predicted octanol–water partition coefficient (Wildman–Crippen LogP) is 7.19. The highest BCUT2D eigenvalue weighted by molar-refractivity contribution is 6.80. The first-order chi connectivity index (χ1) is 8.81. The van der Waals surface area contributed by atoms with Gasteiger partial charge in [0.1, 0.15) is 0 Å². The molecule has 0 aromatic heterocycles. The molecule has 0 radical (unpaired) electrons. The van der Waals surface area contributed by atoms with Crippen molar-refractivity contribution in [2.24, 2.45) is 0 Å². The standard InChI is InChI=1S/C18H38Si/c1-7-8-9-10-11-12-13-14-15-16-17-19(5,6)18(2,3)4/h15-16H,7-14,17H2,1-6H3/b16-15-. The Morgan fingerprint density at radius 3 is 1.84 bits per heavy atom. The Morgan fingerprint density at radius 2 is 1.32 bits per heavy atom. The number of unbranched alkanes of at least 4 members (excludes halogenated alkanes) is 7. The molecule has 0 saturated heterocycles. The maximum Gasteiger partial charge on any atom is 0.0565 e. The second kappa shape index (κ2) is 9.80. The van der Waals surface area contributed by atoms with E-state index in [0.29, 0.717) is 5.04 Å². The molecule has 0 nitrogen and oxygen atoms in total. The fraction of sp³-hybridized carbons (Fsp3) is 0.889. The molecule has 0 spiro atoms. The van der Waals surface area contributed by atoms with E-state index in [1.54, 1.807) is 0 Å². The third-order valence-electron chi connectivity index (χ3n) is 4.80. The molecule has 1 heteroatoms. The van der Waals surface area contributed by atoms with Crippen LogP contribution in [0.3, 0.4) is 0 Å². The predicted molar refractivity (Wildman–Crippen MR) is 93.8 cm³/mol. The van der Waals surface area contributed by atoms with Gasteiger partial charge in [0.25, 0.3) is 0 Å². The summed E-state index contributed by atoms with van der Waals surface area (Å²) in [7, 11) is -1.08. The minimum Gasteiger partial charge on any atom is -0.0912 e. The second-order valence-corrected chi connectivity index (χ2v) is 13.4. The highest BCUT2D eigenvalue weighted by atomic mass is 28.3. The average molecular weight is 283 g/mol. The van der Waals surface area contributed by atoms with Crippen molar-refractivity contribution < 1.29 is 0 Å². The van der Waals surface area contributed by atoms with Crippen LogP contribution >= 0.6 is 0 Å². The normalized spacial score (nSPS) is 13.4. The summed E-state index contributed by atoms with van der Waals surface area (Å²) in [5.74, 6) is 0. The van der Waals surface area contributed by atoms with E-state index in [0.717, 1.165) is 0 Å². The Hall–Kier alpha value is -0.0431. The summed E-state index contributed by atoms with van der Waals surface area (Å²) >= 11 is 0. The first-order valence-electron chi connectivity index (χ1n) is 8.46. The minimum atomic E-state index is -1.08. The van der Waals surface area contributed by atoms with Gasteiger partial charge in [0.05, 0.1) is 8.07 Å². The van der Waals surface area contributed by atoms with Crippen LogP contribution in [-0.4, -0.2) is 8.07 Å². The highest BCUT2D eigenvalue weighted by Gasteiger charge is 2.33. The van der Waals surface area contributed by atoms with E-state index >= 15 is 0 Å². The third kappa shape index (κ3) is 9.48. The van der Waals surface area contributed by atoms with Gasteiger partial charge < -0.3 is 0 Å². The number of hydrogen-bond acceptors (Lipinski definition) is 0. The molecule has 0 atom stereocenters. The second-order valence-electron chi connectivity index (χ2n) is 7.72. The van der Waals surface area contributed by atoms with E-state index in [1.165, 1.54) is 57.4 Å². The summed E-state index contributed by atoms with van der Waals surface area (Å²) < 4.78 is 0. The lowest BCUT2D eigenvalue weighted by molar-refractivity contribution is 0.592. The lowest BCUT2D eigenvalue weighted by Crippen LogP contribution is -2.36. The van der Waals surface area contributed by atoms with Gasteiger partial charge in [0.2, 0.25) is 0 Å². The molecular formula is C18H38Si. The van der Waals surface area contributed by atoms with Crippen molar-refractivity contribution in [3.8, 4) is 0 Å². The maximum absolute atomic E-state index is 2.52. The van der Waals surface area contributed by atoms with Gasteiger partial charge in [-0.2, -0.15) is 0 Å². The first-order valence-corrected chi connectivity index (χ1v) is 11.7. The molecular weight excluding hydrogens is 244 g/mol. The van der Waals surface area contributed by atoms with Gasteiger partial charge in [0.15, 0.2) is 0 Å². The zero-order valence-corrected chi connectivity index (χ0v) is 15.5. The van der Waals surface area contributed by atoms with E-state index in [2.05, 4.69) is 52.9 Å². The van der Waals surface area contributed by atoms with Crippen molar-refractivity contribution in [1.29, 1.82) is 0 Å². The van der Waals surface area contributed by atoms with Crippen molar-refractivity contribution in [3.63, 3.8) is 0 Å². The van der Waals surface area contributed by atoms with Gasteiger partial charge in [-0.25, -0.2) is 0 Å². The van der Waals surface area contributed by atoms with Crippen LogP contribution < -0.4 is 0 Å². The quantitative estimate of drug-likeness (QED) is 0.226. The van der Waals surface area contributed by atoms with Crippen molar-refractivity contribution in [3.05, 3.63) is 12.2 Å². The van der Waals surface area contributed by atoms with Crippen molar-refractivity contribution in [2.75, 3.05) is 0 Å². The van der Waals surface area contributed by atoms with E-state index < -0.39 is 8.07 Å². The Labute approximate surface area is 124 Å². The van der Waals surface area contributed by atoms with E-state index in [1.807, 2.05) is 0 Å². The van der Waals surface area contributed by atoms with Crippen LogP contribution in [0, 0.1) is 0 Å². The van der Waals surface area contributed by atoms with Crippen molar-refractivity contribution in [2.45, 2.75) is 103 Å². The fourth-order valence-corrected chi connectivity index (χ4v) is 3.39. The molecule has 0 saturated carbocycles. The SMILES string of the molecule is CCCCCCCCC/C=C\C[Si](C)(C)C(C)(C)C. The van der Waals surface area contributed by atoms with Crippen molar-refractivity contribution in [1.82, 2.24) is 0 Å². The third-order valence-corrected chi connectivity index (χ3v) is 10.1. The molecule has 0 rings (SSSR count). The highest BCUT2D eigenvalue weighted by Crippen LogP contribution is 2.38. The minimum absolute atomic E-state index is 0.524. The van der Waals surface area contributed by atoms with E-state index in [4.69, 9.17) is 0 Å². The van der Waals surface area contributed by atoms with Gasteiger partial charge in [-0.15, -0.1) is 0 Å². The molecule has 0 N–H and O–H groups in total. The van der Waals surface area contributed by atoms with Crippen LogP contribution in [0.1, 0.15) is 79.1 Å². The lowest BCUT2D eigenvalue weighted by atomic mass is 10.1. The van der Waals surface area contributed by atoms with Crippen molar-refractivity contribution >= 4 is 8.07 Å². The van der Waals surface area contributed by atoms with Crippen LogP contribution in [0.4, 0.5) is 0 Å². The summed E-state index contributed by atoms with van der Waals surface area (Å²) in [6.45, 7) is 14.5. The maximum atomic E-state index is 2.52. The molecule has 0 heterocycles. The summed E-state index contributed by atoms with van der Waals surface area (Å²) in [5, 5.41) is 0.524. The number of rotatable bonds is 10. The van der Waals surface area contributed by atoms with Gasteiger partial charge >= 0.3 is 0 Å². The van der Waals surface area contributed by atoms with E-state index in [-0.39, 0.29) is 0 Å². The van der Waals surface area contributed by atoms with Crippen LogP contribution in [-0.2, 0) is 0 Å². The Kier molecular flexibility index (Phi) is 9.77. The Morgan fingerprint density at radius 1 is 0.789 bits per heavy atom. The molecule has 0 aliphatic heterocycles. The fourth-order valence-electron chi connectivity index (χ4n) is 2.02. The Balaban J connectivity index is 3.55. The molecule has 0 aromatic rings. The zero-order chi connectivity index (χ0) is 14.8. The van der Waals surface area contributed by atoms with Crippen LogP contribution in [0.2, 0.25) is 24.2 Å². The molecule has 19 heavy (non-hydrogen) atoms. The topological polar surface area (TPSA) is 0 Å². The summed E-state index contributed by atoms with van der Waals surface area (Å²) in [6, 6.07) is 1.34. The molecule has 0 unspecified atom stereocenters. The zero-order valence-electron chi connectivity index (χ0n) is 14.5. The van der Waals surface area contributed by atoms with Crippen LogP contribution in [0.5, 0.6) is 0 Å². The van der Waals surface area contributed by atoms with Gasteiger partial charge in [0, 0.05) is 0 Å². The average Bonchev–Trinajstić information content (AvgIpc) is 2.30. The monoisotopic (exact) mass is 282 g/mol. The number of allylic oxidation sites excluding steroid dienone is 2. The molecule has 0 fully saturated rings. The summed E-state index contributed by atoms with van der Waals surface area (Å²) in [6.07, 6.45) is 16.1. The van der Waals surface area contributed by atoms with Crippen LogP contribution in [0.25, 0.3) is 0 Å². The van der Waals surface area contributed by atoms with E-state index in [9.17, 15) is 0 Å².